The molecule has 0 saturated carbocycles. The number of carbonyl (C=O) groups excluding carboxylic acids is 3. The van der Waals surface area contributed by atoms with Crippen LogP contribution in [-0.4, -0.2) is 68.2 Å². The van der Waals surface area contributed by atoms with Gasteiger partial charge in [-0.15, -0.1) is 0 Å². The first-order chi connectivity index (χ1) is 14.6. The molecule has 4 amide bonds. The molecule has 4 rings (SSSR count). The summed E-state index contributed by atoms with van der Waals surface area (Å²) in [4.78, 5) is 41.0. The van der Waals surface area contributed by atoms with E-state index < -0.39 is 12.1 Å². The molecular weight excluding hydrogens is 384 g/mol. The van der Waals surface area contributed by atoms with Gasteiger partial charge in [0.05, 0.1) is 18.9 Å². The molecule has 158 valence electrons. The van der Waals surface area contributed by atoms with Crippen LogP contribution in [0.5, 0.6) is 0 Å². The monoisotopic (exact) mass is 410 g/mol. The number of rotatable bonds is 7. The van der Waals surface area contributed by atoms with E-state index in [1.807, 2.05) is 36.4 Å². The van der Waals surface area contributed by atoms with Crippen molar-refractivity contribution < 1.29 is 19.1 Å². The number of imide groups is 1. The first kappa shape index (κ1) is 20.3. The maximum atomic E-state index is 12.9. The second kappa shape index (κ2) is 9.23. The highest BCUT2D eigenvalue weighted by atomic mass is 16.5. The Hall–Kier alpha value is -2.97. The zero-order chi connectivity index (χ0) is 20.9. The van der Waals surface area contributed by atoms with Crippen LogP contribution in [0.1, 0.15) is 12.8 Å². The Morgan fingerprint density at radius 3 is 2.70 bits per heavy atom. The molecule has 2 fully saturated rings. The lowest BCUT2D eigenvalue weighted by atomic mass is 10.1. The number of carbonyl (C=O) groups is 3. The Bertz CT molecular complexity index is 936. The van der Waals surface area contributed by atoms with Crippen molar-refractivity contribution in [1.29, 1.82) is 0 Å². The smallest absolute Gasteiger partial charge is 0.329 e. The first-order valence-electron chi connectivity index (χ1n) is 10.3. The van der Waals surface area contributed by atoms with Gasteiger partial charge in [-0.1, -0.05) is 36.4 Å². The Labute approximate surface area is 175 Å². The third kappa shape index (κ3) is 4.44. The minimum Gasteiger partial charge on any atom is -0.379 e. The van der Waals surface area contributed by atoms with Crippen molar-refractivity contribution in [1.82, 2.24) is 15.5 Å². The molecule has 0 spiro atoms. The highest BCUT2D eigenvalue weighted by Crippen LogP contribution is 2.29. The molecule has 0 bridgehead atoms. The van der Waals surface area contributed by atoms with E-state index in [1.165, 1.54) is 4.90 Å². The summed E-state index contributed by atoms with van der Waals surface area (Å²) in [6, 6.07) is 12.0. The van der Waals surface area contributed by atoms with Gasteiger partial charge in [0.25, 0.3) is 5.91 Å². The normalized spacial score (nSPS) is 19.9. The van der Waals surface area contributed by atoms with Crippen LogP contribution in [0, 0.1) is 0 Å². The van der Waals surface area contributed by atoms with E-state index in [2.05, 4.69) is 15.5 Å². The number of morpholine rings is 1. The van der Waals surface area contributed by atoms with E-state index in [9.17, 15) is 14.4 Å². The average molecular weight is 410 g/mol. The molecule has 0 aliphatic carbocycles. The minimum atomic E-state index is -0.693. The highest BCUT2D eigenvalue weighted by Gasteiger charge is 2.39. The summed E-state index contributed by atoms with van der Waals surface area (Å²) in [6.45, 7) is 4.55. The lowest BCUT2D eigenvalue weighted by Crippen LogP contribution is -2.41. The summed E-state index contributed by atoms with van der Waals surface area (Å²) >= 11 is 0. The molecule has 2 aliphatic heterocycles. The van der Waals surface area contributed by atoms with Crippen molar-refractivity contribution in [3.8, 4) is 0 Å². The number of amides is 4. The van der Waals surface area contributed by atoms with Crippen LogP contribution < -0.4 is 15.5 Å². The number of fused-ring (bicyclic) bond motifs is 1. The maximum absolute atomic E-state index is 12.9. The van der Waals surface area contributed by atoms with Crippen molar-refractivity contribution in [3.05, 3.63) is 42.5 Å². The molecule has 2 heterocycles. The molecule has 1 atom stereocenters. The lowest BCUT2D eigenvalue weighted by molar-refractivity contribution is -0.121. The number of anilines is 1. The Balaban J connectivity index is 1.31. The molecule has 30 heavy (non-hydrogen) atoms. The number of ether oxygens (including phenoxy) is 1. The van der Waals surface area contributed by atoms with Crippen molar-refractivity contribution in [2.45, 2.75) is 18.9 Å². The number of benzene rings is 2. The van der Waals surface area contributed by atoms with E-state index in [0.717, 1.165) is 43.6 Å². The average Bonchev–Trinajstić information content (AvgIpc) is 3.05. The fraction of sp³-hybridized carbons (Fsp3) is 0.409. The summed E-state index contributed by atoms with van der Waals surface area (Å²) in [7, 11) is 0. The van der Waals surface area contributed by atoms with E-state index in [0.29, 0.717) is 12.2 Å². The van der Waals surface area contributed by atoms with E-state index in [-0.39, 0.29) is 24.7 Å². The van der Waals surface area contributed by atoms with Crippen molar-refractivity contribution >= 4 is 34.3 Å². The molecule has 2 N–H and O–H groups in total. The number of urea groups is 1. The summed E-state index contributed by atoms with van der Waals surface area (Å²) in [5.74, 6) is -0.439. The van der Waals surface area contributed by atoms with Crippen molar-refractivity contribution in [2.24, 2.45) is 0 Å². The highest BCUT2D eigenvalue weighted by molar-refractivity contribution is 6.24. The fourth-order valence-corrected chi connectivity index (χ4v) is 3.90. The summed E-state index contributed by atoms with van der Waals surface area (Å²) in [5, 5.41) is 7.40. The SMILES string of the molecule is O=C(CC[C@H]1NC(=O)N(c2cccc3ccccc23)C1=O)NCCN1CCOCC1. The number of nitrogens with one attached hydrogen (secondary N) is 2. The second-order valence-electron chi connectivity index (χ2n) is 7.52. The van der Waals surface area contributed by atoms with Gasteiger partial charge in [0.15, 0.2) is 0 Å². The van der Waals surface area contributed by atoms with Crippen LogP contribution in [0.4, 0.5) is 10.5 Å². The van der Waals surface area contributed by atoms with Gasteiger partial charge in [-0.25, -0.2) is 9.69 Å². The van der Waals surface area contributed by atoms with Gasteiger partial charge in [0, 0.05) is 38.0 Å². The van der Waals surface area contributed by atoms with Gasteiger partial charge in [0.1, 0.15) is 6.04 Å². The van der Waals surface area contributed by atoms with Crippen LogP contribution in [0.25, 0.3) is 10.8 Å². The molecule has 8 nitrogen and oxygen atoms in total. The van der Waals surface area contributed by atoms with E-state index in [4.69, 9.17) is 4.74 Å². The second-order valence-corrected chi connectivity index (χ2v) is 7.52. The van der Waals surface area contributed by atoms with Gasteiger partial charge < -0.3 is 15.4 Å². The van der Waals surface area contributed by atoms with Gasteiger partial charge in [-0.05, 0) is 17.9 Å². The summed E-state index contributed by atoms with van der Waals surface area (Å²) in [5.41, 5.74) is 0.563. The molecule has 8 heteroatoms. The Morgan fingerprint density at radius 1 is 1.10 bits per heavy atom. The zero-order valence-electron chi connectivity index (χ0n) is 16.8. The van der Waals surface area contributed by atoms with Gasteiger partial charge in [-0.2, -0.15) is 0 Å². The summed E-state index contributed by atoms with van der Waals surface area (Å²) < 4.78 is 5.31. The molecule has 2 aromatic carbocycles. The summed E-state index contributed by atoms with van der Waals surface area (Å²) in [6.07, 6.45) is 0.457. The fourth-order valence-electron chi connectivity index (χ4n) is 3.90. The predicted octanol–water partition coefficient (Wildman–Crippen LogP) is 1.49. The van der Waals surface area contributed by atoms with Crippen LogP contribution >= 0.6 is 0 Å². The zero-order valence-corrected chi connectivity index (χ0v) is 16.8. The first-order valence-corrected chi connectivity index (χ1v) is 10.3. The molecule has 2 saturated heterocycles. The van der Waals surface area contributed by atoms with Crippen LogP contribution in [-0.2, 0) is 14.3 Å². The number of hydrogen-bond acceptors (Lipinski definition) is 5. The van der Waals surface area contributed by atoms with E-state index >= 15 is 0 Å². The minimum absolute atomic E-state index is 0.117. The molecule has 0 radical (unpaired) electrons. The van der Waals surface area contributed by atoms with E-state index in [1.54, 1.807) is 6.07 Å². The van der Waals surface area contributed by atoms with Crippen LogP contribution in [0.15, 0.2) is 42.5 Å². The maximum Gasteiger partial charge on any atom is 0.329 e. The van der Waals surface area contributed by atoms with Crippen molar-refractivity contribution in [2.75, 3.05) is 44.3 Å². The predicted molar refractivity (Wildman–Crippen MR) is 113 cm³/mol. The van der Waals surface area contributed by atoms with Gasteiger partial charge in [0.2, 0.25) is 5.91 Å². The standard InChI is InChI=1S/C22H26N4O4/c27-20(23-10-11-25-12-14-30-15-13-25)9-8-18-21(28)26(22(29)24-18)19-7-3-5-16-4-1-2-6-17(16)19/h1-7,18H,8-15H2,(H,23,27)(H,24,29)/t18-/m1/s1. The molecule has 0 unspecified atom stereocenters. The topological polar surface area (TPSA) is 91.0 Å². The molecule has 2 aromatic rings. The number of nitrogens with zero attached hydrogens (tertiary/aromatic N) is 2. The third-order valence-corrected chi connectivity index (χ3v) is 5.54. The van der Waals surface area contributed by atoms with Gasteiger partial charge in [-0.3, -0.25) is 14.5 Å². The lowest BCUT2D eigenvalue weighted by Gasteiger charge is -2.26. The quantitative estimate of drug-likeness (QED) is 0.675. The molecule has 0 aromatic heterocycles. The molecular formula is C22H26N4O4. The molecule has 2 aliphatic rings. The number of hydrogen-bond donors (Lipinski definition) is 2. The third-order valence-electron chi connectivity index (χ3n) is 5.54. The van der Waals surface area contributed by atoms with Gasteiger partial charge >= 0.3 is 6.03 Å². The Morgan fingerprint density at radius 2 is 1.87 bits per heavy atom. The Kier molecular flexibility index (Phi) is 6.25. The van der Waals surface area contributed by atoms with Crippen LogP contribution in [0.2, 0.25) is 0 Å². The van der Waals surface area contributed by atoms with Crippen LogP contribution in [0.3, 0.4) is 0 Å². The largest absolute Gasteiger partial charge is 0.379 e. The van der Waals surface area contributed by atoms with Crippen molar-refractivity contribution in [3.63, 3.8) is 0 Å².